The van der Waals surface area contributed by atoms with E-state index in [1.807, 2.05) is 6.92 Å². The fraction of sp³-hybridized carbons (Fsp3) is 1.00. The molecule has 0 aromatic heterocycles. The number of rotatable bonds is 4. The Kier molecular flexibility index (Phi) is 4.28. The van der Waals surface area contributed by atoms with Crippen molar-refractivity contribution in [2.75, 3.05) is 32.1 Å². The SMILES string of the molecule is CC1CN(S(=O)(=O)CCCF)CCN1. The molecule has 4 nitrogen and oxygen atoms in total. The molecule has 1 unspecified atom stereocenters. The van der Waals surface area contributed by atoms with E-state index in [-0.39, 0.29) is 18.2 Å². The normalized spacial score (nSPS) is 25.1. The lowest BCUT2D eigenvalue weighted by molar-refractivity contribution is 0.309. The summed E-state index contributed by atoms with van der Waals surface area (Å²) in [6.07, 6.45) is 0.0979. The van der Waals surface area contributed by atoms with Gasteiger partial charge in [0.2, 0.25) is 10.0 Å². The smallest absolute Gasteiger partial charge is 0.214 e. The maximum Gasteiger partial charge on any atom is 0.214 e. The summed E-state index contributed by atoms with van der Waals surface area (Å²) in [7, 11) is -3.23. The van der Waals surface area contributed by atoms with Crippen molar-refractivity contribution in [1.82, 2.24) is 9.62 Å². The Balaban J connectivity index is 2.53. The van der Waals surface area contributed by atoms with Crippen LogP contribution in [0.2, 0.25) is 0 Å². The monoisotopic (exact) mass is 224 g/mol. The van der Waals surface area contributed by atoms with Crippen LogP contribution in [0, 0.1) is 0 Å². The van der Waals surface area contributed by atoms with Crippen molar-refractivity contribution in [2.24, 2.45) is 0 Å². The molecule has 1 saturated heterocycles. The molecular weight excluding hydrogens is 207 g/mol. The Bertz CT molecular complexity index is 269. The van der Waals surface area contributed by atoms with Crippen molar-refractivity contribution in [3.8, 4) is 0 Å². The highest BCUT2D eigenvalue weighted by atomic mass is 32.2. The number of hydrogen-bond acceptors (Lipinski definition) is 3. The number of nitrogens with one attached hydrogen (secondary N) is 1. The van der Waals surface area contributed by atoms with Crippen molar-refractivity contribution in [3.63, 3.8) is 0 Å². The van der Waals surface area contributed by atoms with Crippen LogP contribution in [0.25, 0.3) is 0 Å². The van der Waals surface area contributed by atoms with Gasteiger partial charge in [-0.3, -0.25) is 4.39 Å². The molecule has 1 atom stereocenters. The number of sulfonamides is 1. The number of hydrogen-bond donors (Lipinski definition) is 1. The van der Waals surface area contributed by atoms with Crippen LogP contribution < -0.4 is 5.32 Å². The van der Waals surface area contributed by atoms with Crippen LogP contribution in [-0.2, 0) is 10.0 Å². The summed E-state index contributed by atoms with van der Waals surface area (Å²) in [6.45, 7) is 3.04. The Hall–Kier alpha value is -0.200. The first kappa shape index (κ1) is 11.9. The first-order valence-electron chi connectivity index (χ1n) is 4.83. The maximum absolute atomic E-state index is 11.9. The summed E-state index contributed by atoms with van der Waals surface area (Å²) in [5, 5.41) is 3.16. The van der Waals surface area contributed by atoms with Gasteiger partial charge in [0.1, 0.15) is 0 Å². The van der Waals surface area contributed by atoms with Crippen LogP contribution >= 0.6 is 0 Å². The predicted octanol–water partition coefficient (Wildman–Crippen LogP) is -0.0305. The average Bonchev–Trinajstić information content (AvgIpc) is 2.15. The van der Waals surface area contributed by atoms with Crippen LogP contribution in [0.4, 0.5) is 4.39 Å². The van der Waals surface area contributed by atoms with E-state index < -0.39 is 16.7 Å². The van der Waals surface area contributed by atoms with E-state index >= 15 is 0 Å². The Labute approximate surface area is 84.5 Å². The first-order valence-corrected chi connectivity index (χ1v) is 6.44. The topological polar surface area (TPSA) is 49.4 Å². The molecule has 0 saturated carbocycles. The second kappa shape index (κ2) is 5.04. The Morgan fingerprint density at radius 2 is 2.29 bits per heavy atom. The Morgan fingerprint density at radius 1 is 1.57 bits per heavy atom. The van der Waals surface area contributed by atoms with E-state index in [1.54, 1.807) is 0 Å². The van der Waals surface area contributed by atoms with Crippen molar-refractivity contribution in [2.45, 2.75) is 19.4 Å². The minimum Gasteiger partial charge on any atom is -0.312 e. The summed E-state index contributed by atoms with van der Waals surface area (Å²) < 4.78 is 36.6. The number of nitrogens with zero attached hydrogens (tertiary/aromatic N) is 1. The van der Waals surface area contributed by atoms with Gasteiger partial charge in [-0.2, -0.15) is 4.31 Å². The molecule has 84 valence electrons. The minimum atomic E-state index is -3.23. The van der Waals surface area contributed by atoms with Crippen molar-refractivity contribution in [1.29, 1.82) is 0 Å². The number of alkyl halides is 1. The van der Waals surface area contributed by atoms with Gasteiger partial charge in [-0.1, -0.05) is 0 Å². The predicted molar refractivity (Wildman–Crippen MR) is 53.4 cm³/mol. The third-order valence-electron chi connectivity index (χ3n) is 2.26. The molecule has 0 bridgehead atoms. The lowest BCUT2D eigenvalue weighted by Gasteiger charge is -2.30. The van der Waals surface area contributed by atoms with Crippen molar-refractivity contribution in [3.05, 3.63) is 0 Å². The summed E-state index contributed by atoms with van der Waals surface area (Å²) in [5.74, 6) is -0.0732. The molecule has 0 aromatic rings. The van der Waals surface area contributed by atoms with Gasteiger partial charge in [-0.15, -0.1) is 0 Å². The number of piperazine rings is 1. The van der Waals surface area contributed by atoms with Crippen LogP contribution in [0.3, 0.4) is 0 Å². The van der Waals surface area contributed by atoms with Gasteiger partial charge >= 0.3 is 0 Å². The average molecular weight is 224 g/mol. The van der Waals surface area contributed by atoms with Gasteiger partial charge in [-0.25, -0.2) is 8.42 Å². The zero-order chi connectivity index (χ0) is 10.6. The fourth-order valence-corrected chi connectivity index (χ4v) is 3.07. The largest absolute Gasteiger partial charge is 0.312 e. The molecule has 0 radical (unpaired) electrons. The molecule has 1 rings (SSSR count). The molecule has 1 aliphatic rings. The third kappa shape index (κ3) is 3.18. The van der Waals surface area contributed by atoms with Crippen LogP contribution in [0.1, 0.15) is 13.3 Å². The summed E-state index contributed by atoms with van der Waals surface area (Å²) >= 11 is 0. The minimum absolute atomic E-state index is 0.0732. The second-order valence-electron chi connectivity index (χ2n) is 3.57. The van der Waals surface area contributed by atoms with Crippen LogP contribution in [-0.4, -0.2) is 50.8 Å². The highest BCUT2D eigenvalue weighted by molar-refractivity contribution is 7.89. The molecule has 1 N–H and O–H groups in total. The van der Waals surface area contributed by atoms with Gasteiger partial charge in [0.25, 0.3) is 0 Å². The molecule has 1 aliphatic heterocycles. The molecule has 1 fully saturated rings. The fourth-order valence-electron chi connectivity index (χ4n) is 1.52. The molecule has 0 aromatic carbocycles. The highest BCUT2D eigenvalue weighted by Crippen LogP contribution is 2.07. The van der Waals surface area contributed by atoms with Gasteiger partial charge < -0.3 is 5.32 Å². The zero-order valence-corrected chi connectivity index (χ0v) is 9.19. The number of halogens is 1. The van der Waals surface area contributed by atoms with E-state index in [9.17, 15) is 12.8 Å². The van der Waals surface area contributed by atoms with E-state index in [0.717, 1.165) is 0 Å². The molecule has 6 heteroatoms. The van der Waals surface area contributed by atoms with Crippen molar-refractivity contribution < 1.29 is 12.8 Å². The van der Waals surface area contributed by atoms with Gasteiger partial charge in [0.05, 0.1) is 12.4 Å². The molecule has 14 heavy (non-hydrogen) atoms. The van der Waals surface area contributed by atoms with Gasteiger partial charge in [0.15, 0.2) is 0 Å². The molecule has 0 amide bonds. The molecule has 0 spiro atoms. The zero-order valence-electron chi connectivity index (χ0n) is 8.37. The third-order valence-corrected chi connectivity index (χ3v) is 4.18. The summed E-state index contributed by atoms with van der Waals surface area (Å²) in [5.41, 5.74) is 0. The van der Waals surface area contributed by atoms with Crippen molar-refractivity contribution >= 4 is 10.0 Å². The van der Waals surface area contributed by atoms with E-state index in [4.69, 9.17) is 0 Å². The summed E-state index contributed by atoms with van der Waals surface area (Å²) in [4.78, 5) is 0. The highest BCUT2D eigenvalue weighted by Gasteiger charge is 2.25. The van der Waals surface area contributed by atoms with Gasteiger partial charge in [-0.05, 0) is 13.3 Å². The van der Waals surface area contributed by atoms with Gasteiger partial charge in [0, 0.05) is 25.7 Å². The quantitative estimate of drug-likeness (QED) is 0.729. The van der Waals surface area contributed by atoms with E-state index in [2.05, 4.69) is 5.32 Å². The Morgan fingerprint density at radius 3 is 2.86 bits per heavy atom. The molecule has 0 aliphatic carbocycles. The first-order chi connectivity index (χ1) is 6.56. The second-order valence-corrected chi connectivity index (χ2v) is 5.66. The standard InChI is InChI=1S/C8H17FN2O2S/c1-8-7-11(5-4-10-8)14(12,13)6-2-3-9/h8,10H,2-7H2,1H3. The maximum atomic E-state index is 11.9. The molecular formula is C8H17FN2O2S. The van der Waals surface area contributed by atoms with Crippen LogP contribution in [0.15, 0.2) is 0 Å². The van der Waals surface area contributed by atoms with E-state index in [1.165, 1.54) is 4.31 Å². The molecule has 1 heterocycles. The summed E-state index contributed by atoms with van der Waals surface area (Å²) in [6, 6.07) is 0.184. The van der Waals surface area contributed by atoms with Crippen LogP contribution in [0.5, 0.6) is 0 Å². The van der Waals surface area contributed by atoms with E-state index in [0.29, 0.717) is 19.6 Å². The lowest BCUT2D eigenvalue weighted by atomic mass is 10.3. The lowest BCUT2D eigenvalue weighted by Crippen LogP contribution is -2.51.